The van der Waals surface area contributed by atoms with E-state index in [0.29, 0.717) is 19.0 Å². The van der Waals surface area contributed by atoms with E-state index < -0.39 is 0 Å². The molecule has 0 aliphatic heterocycles. The smallest absolute Gasteiger partial charge is 0.226 e. The van der Waals surface area contributed by atoms with Crippen molar-refractivity contribution in [3.05, 3.63) is 30.1 Å². The van der Waals surface area contributed by atoms with Crippen LogP contribution in [0.2, 0.25) is 0 Å². The molecule has 1 heterocycles. The van der Waals surface area contributed by atoms with Gasteiger partial charge in [-0.05, 0) is 37.4 Å². The molecule has 104 valence electrons. The zero-order valence-electron chi connectivity index (χ0n) is 11.6. The summed E-state index contributed by atoms with van der Waals surface area (Å²) in [6.45, 7) is 1.20. The molecule has 2 rings (SSSR count). The summed E-state index contributed by atoms with van der Waals surface area (Å²) in [6, 6.07) is 5.78. The molecular formula is C15H23N3O. The lowest BCUT2D eigenvalue weighted by Crippen LogP contribution is -2.40. The predicted molar refractivity (Wildman–Crippen MR) is 75.2 cm³/mol. The lowest BCUT2D eigenvalue weighted by Gasteiger charge is -2.32. The molecule has 1 aliphatic carbocycles. The van der Waals surface area contributed by atoms with Crippen LogP contribution in [0.15, 0.2) is 24.4 Å². The van der Waals surface area contributed by atoms with Gasteiger partial charge in [-0.2, -0.15) is 0 Å². The maximum absolute atomic E-state index is 12.5. The molecule has 4 heteroatoms. The number of hydrogen-bond acceptors (Lipinski definition) is 3. The Bertz CT molecular complexity index is 407. The fraction of sp³-hybridized carbons (Fsp3) is 0.600. The standard InChI is InChI=1S/C15H23N3O/c1-18(11-13-7-4-5-9-17-13)15(19)14-8-3-2-6-12(14)10-16/h4-5,7,9,12,14H,2-3,6,8,10-11,16H2,1H3. The normalized spacial score (nSPS) is 23.1. The van der Waals surface area contributed by atoms with Gasteiger partial charge in [-0.25, -0.2) is 0 Å². The van der Waals surface area contributed by atoms with Crippen molar-refractivity contribution >= 4 is 5.91 Å². The summed E-state index contributed by atoms with van der Waals surface area (Å²) >= 11 is 0. The molecule has 1 saturated carbocycles. The van der Waals surface area contributed by atoms with Crippen LogP contribution in [-0.4, -0.2) is 29.4 Å². The van der Waals surface area contributed by atoms with Crippen LogP contribution in [0.5, 0.6) is 0 Å². The van der Waals surface area contributed by atoms with Gasteiger partial charge in [0.25, 0.3) is 0 Å². The van der Waals surface area contributed by atoms with Crippen LogP contribution in [0.25, 0.3) is 0 Å². The van der Waals surface area contributed by atoms with Crippen LogP contribution in [0.4, 0.5) is 0 Å². The average molecular weight is 261 g/mol. The second-order valence-corrected chi connectivity index (χ2v) is 5.40. The lowest BCUT2D eigenvalue weighted by molar-refractivity contribution is -0.137. The summed E-state index contributed by atoms with van der Waals surface area (Å²) in [5.41, 5.74) is 6.73. The second kappa shape index (κ2) is 6.66. The van der Waals surface area contributed by atoms with E-state index in [1.165, 1.54) is 6.42 Å². The summed E-state index contributed by atoms with van der Waals surface area (Å²) in [5, 5.41) is 0. The van der Waals surface area contributed by atoms with E-state index in [9.17, 15) is 4.79 Å². The van der Waals surface area contributed by atoms with Gasteiger partial charge in [-0.15, -0.1) is 0 Å². The highest BCUT2D eigenvalue weighted by Gasteiger charge is 2.31. The van der Waals surface area contributed by atoms with Crippen LogP contribution in [0, 0.1) is 11.8 Å². The van der Waals surface area contributed by atoms with Crippen molar-refractivity contribution < 1.29 is 4.79 Å². The molecule has 0 bridgehead atoms. The maximum Gasteiger partial charge on any atom is 0.226 e. The summed E-state index contributed by atoms with van der Waals surface area (Å²) in [4.78, 5) is 18.6. The van der Waals surface area contributed by atoms with Gasteiger partial charge in [0.1, 0.15) is 0 Å². The van der Waals surface area contributed by atoms with E-state index in [1.54, 1.807) is 11.1 Å². The highest BCUT2D eigenvalue weighted by Crippen LogP contribution is 2.30. The maximum atomic E-state index is 12.5. The minimum atomic E-state index is 0.104. The van der Waals surface area contributed by atoms with Gasteiger partial charge in [-0.3, -0.25) is 9.78 Å². The molecule has 4 nitrogen and oxygen atoms in total. The third-order valence-electron chi connectivity index (χ3n) is 4.03. The summed E-state index contributed by atoms with van der Waals surface area (Å²) in [7, 11) is 1.86. The average Bonchev–Trinajstić information content (AvgIpc) is 2.47. The third-order valence-corrected chi connectivity index (χ3v) is 4.03. The van der Waals surface area contributed by atoms with Crippen molar-refractivity contribution in [1.29, 1.82) is 0 Å². The van der Waals surface area contributed by atoms with E-state index in [4.69, 9.17) is 5.73 Å². The Morgan fingerprint density at radius 2 is 2.21 bits per heavy atom. The Balaban J connectivity index is 1.98. The summed E-state index contributed by atoms with van der Waals surface area (Å²) < 4.78 is 0. The molecule has 2 unspecified atom stereocenters. The summed E-state index contributed by atoms with van der Waals surface area (Å²) in [5.74, 6) is 0.681. The molecule has 0 spiro atoms. The minimum Gasteiger partial charge on any atom is -0.340 e. The van der Waals surface area contributed by atoms with Crippen LogP contribution in [-0.2, 0) is 11.3 Å². The van der Waals surface area contributed by atoms with Crippen molar-refractivity contribution in [2.24, 2.45) is 17.6 Å². The van der Waals surface area contributed by atoms with Crippen LogP contribution >= 0.6 is 0 Å². The van der Waals surface area contributed by atoms with Crippen LogP contribution in [0.1, 0.15) is 31.4 Å². The van der Waals surface area contributed by atoms with Gasteiger partial charge >= 0.3 is 0 Å². The molecule has 2 N–H and O–H groups in total. The SMILES string of the molecule is CN(Cc1ccccn1)C(=O)C1CCCCC1CN. The third kappa shape index (κ3) is 3.53. The van der Waals surface area contributed by atoms with E-state index >= 15 is 0 Å². The number of pyridine rings is 1. The van der Waals surface area contributed by atoms with Gasteiger partial charge < -0.3 is 10.6 Å². The Labute approximate surface area is 115 Å². The molecule has 1 aromatic rings. The number of nitrogens with two attached hydrogens (primary N) is 1. The van der Waals surface area contributed by atoms with E-state index in [1.807, 2.05) is 25.2 Å². The first-order valence-corrected chi connectivity index (χ1v) is 7.07. The van der Waals surface area contributed by atoms with Crippen LogP contribution < -0.4 is 5.73 Å². The van der Waals surface area contributed by atoms with Gasteiger partial charge in [0, 0.05) is 19.2 Å². The predicted octanol–water partition coefficient (Wildman–Crippen LogP) is 1.81. The fourth-order valence-corrected chi connectivity index (χ4v) is 2.91. The molecule has 1 fully saturated rings. The van der Waals surface area contributed by atoms with Crippen LogP contribution in [0.3, 0.4) is 0 Å². The first-order valence-electron chi connectivity index (χ1n) is 7.07. The van der Waals surface area contributed by atoms with Crippen molar-refractivity contribution in [3.8, 4) is 0 Å². The fourth-order valence-electron chi connectivity index (χ4n) is 2.91. The minimum absolute atomic E-state index is 0.104. The monoisotopic (exact) mass is 261 g/mol. The first kappa shape index (κ1) is 14.0. The Morgan fingerprint density at radius 1 is 1.42 bits per heavy atom. The number of hydrogen-bond donors (Lipinski definition) is 1. The number of aromatic nitrogens is 1. The molecule has 1 aromatic heterocycles. The van der Waals surface area contributed by atoms with Crippen molar-refractivity contribution in [3.63, 3.8) is 0 Å². The number of amides is 1. The highest BCUT2D eigenvalue weighted by atomic mass is 16.2. The quantitative estimate of drug-likeness (QED) is 0.899. The number of carbonyl (C=O) groups excluding carboxylic acids is 1. The zero-order valence-corrected chi connectivity index (χ0v) is 11.6. The van der Waals surface area contributed by atoms with Gasteiger partial charge in [-0.1, -0.05) is 18.9 Å². The van der Waals surface area contributed by atoms with Gasteiger partial charge in [0.15, 0.2) is 0 Å². The van der Waals surface area contributed by atoms with E-state index in [2.05, 4.69) is 4.98 Å². The zero-order chi connectivity index (χ0) is 13.7. The number of carbonyl (C=O) groups is 1. The highest BCUT2D eigenvalue weighted by molar-refractivity contribution is 5.79. The number of nitrogens with zero attached hydrogens (tertiary/aromatic N) is 2. The van der Waals surface area contributed by atoms with Crippen molar-refractivity contribution in [2.45, 2.75) is 32.2 Å². The number of rotatable bonds is 4. The lowest BCUT2D eigenvalue weighted by atomic mass is 9.78. The largest absolute Gasteiger partial charge is 0.340 e. The molecule has 0 saturated heterocycles. The van der Waals surface area contributed by atoms with Crippen molar-refractivity contribution in [1.82, 2.24) is 9.88 Å². The first-order chi connectivity index (χ1) is 9.22. The Morgan fingerprint density at radius 3 is 2.89 bits per heavy atom. The second-order valence-electron chi connectivity index (χ2n) is 5.40. The van der Waals surface area contributed by atoms with Gasteiger partial charge in [0.2, 0.25) is 5.91 Å². The van der Waals surface area contributed by atoms with E-state index in [-0.39, 0.29) is 11.8 Å². The van der Waals surface area contributed by atoms with Gasteiger partial charge in [0.05, 0.1) is 12.2 Å². The molecule has 19 heavy (non-hydrogen) atoms. The Hall–Kier alpha value is -1.42. The molecule has 1 aliphatic rings. The topological polar surface area (TPSA) is 59.2 Å². The summed E-state index contributed by atoms with van der Waals surface area (Å²) in [6.07, 6.45) is 6.18. The molecule has 1 amide bonds. The van der Waals surface area contributed by atoms with Crippen molar-refractivity contribution in [2.75, 3.05) is 13.6 Å². The molecule has 0 radical (unpaired) electrons. The molecule has 0 aromatic carbocycles. The Kier molecular flexibility index (Phi) is 4.91. The molecule has 2 atom stereocenters. The molecular weight excluding hydrogens is 238 g/mol. The van der Waals surface area contributed by atoms with E-state index in [0.717, 1.165) is 25.0 Å².